The predicted molar refractivity (Wildman–Crippen MR) is 75.2 cm³/mol. The first-order valence-electron chi connectivity index (χ1n) is 6.76. The number of carbonyl (C=O) groups is 1. The van der Waals surface area contributed by atoms with Gasteiger partial charge >= 0.3 is 0 Å². The molecule has 1 rings (SSSR count). The van der Waals surface area contributed by atoms with Gasteiger partial charge in [-0.2, -0.15) is 11.8 Å². The van der Waals surface area contributed by atoms with E-state index in [2.05, 4.69) is 13.8 Å². The summed E-state index contributed by atoms with van der Waals surface area (Å²) in [6.45, 7) is 6.99. The van der Waals surface area contributed by atoms with Crippen LogP contribution in [-0.4, -0.2) is 41.4 Å². The van der Waals surface area contributed by atoms with Gasteiger partial charge in [0.25, 0.3) is 0 Å². The van der Waals surface area contributed by atoms with Gasteiger partial charge in [0.2, 0.25) is 5.91 Å². The molecule has 3 nitrogen and oxygen atoms in total. The van der Waals surface area contributed by atoms with Crippen LogP contribution in [0.4, 0.5) is 0 Å². The Morgan fingerprint density at radius 3 is 2.88 bits per heavy atom. The number of carbonyl (C=O) groups excluding carboxylic acids is 1. The molecule has 1 amide bonds. The second-order valence-electron chi connectivity index (χ2n) is 4.91. The van der Waals surface area contributed by atoms with E-state index >= 15 is 0 Å². The third-order valence-corrected chi connectivity index (χ3v) is 4.65. The molecular formula is C13H26N2OS. The van der Waals surface area contributed by atoms with Crippen LogP contribution in [-0.2, 0) is 4.79 Å². The highest BCUT2D eigenvalue weighted by atomic mass is 32.2. The highest BCUT2D eigenvalue weighted by molar-refractivity contribution is 7.99. The quantitative estimate of drug-likeness (QED) is 0.793. The third-order valence-electron chi connectivity index (χ3n) is 3.51. The fourth-order valence-corrected chi connectivity index (χ4v) is 3.33. The van der Waals surface area contributed by atoms with Crippen LogP contribution >= 0.6 is 11.8 Å². The van der Waals surface area contributed by atoms with Crippen LogP contribution in [0.15, 0.2) is 0 Å². The number of nitrogens with two attached hydrogens (primary N) is 1. The fourth-order valence-electron chi connectivity index (χ4n) is 2.32. The van der Waals surface area contributed by atoms with Crippen molar-refractivity contribution in [2.75, 3.05) is 25.4 Å². The molecule has 0 saturated carbocycles. The summed E-state index contributed by atoms with van der Waals surface area (Å²) in [5.41, 5.74) is 5.57. The first-order chi connectivity index (χ1) is 8.17. The standard InChI is InChI=1S/C13H26N2OS/c1-3-12(6-7-14)4-5-13(16)15-8-9-17-11(2)10-15/h11-12H,3-10,14H2,1-2H3. The summed E-state index contributed by atoms with van der Waals surface area (Å²) in [6.07, 6.45) is 3.90. The van der Waals surface area contributed by atoms with Crippen molar-refractivity contribution in [3.63, 3.8) is 0 Å². The first kappa shape index (κ1) is 14.8. The molecule has 0 radical (unpaired) electrons. The Labute approximate surface area is 109 Å². The van der Waals surface area contributed by atoms with Crippen LogP contribution in [0.2, 0.25) is 0 Å². The Morgan fingerprint density at radius 2 is 2.29 bits per heavy atom. The minimum Gasteiger partial charge on any atom is -0.341 e. The monoisotopic (exact) mass is 258 g/mol. The molecule has 2 atom stereocenters. The largest absolute Gasteiger partial charge is 0.341 e. The molecule has 0 aromatic rings. The minimum absolute atomic E-state index is 0.340. The lowest BCUT2D eigenvalue weighted by atomic mass is 9.96. The molecule has 2 unspecified atom stereocenters. The maximum Gasteiger partial charge on any atom is 0.222 e. The Balaban J connectivity index is 2.28. The number of amides is 1. The summed E-state index contributed by atoms with van der Waals surface area (Å²) in [6, 6.07) is 0. The van der Waals surface area contributed by atoms with E-state index in [4.69, 9.17) is 5.73 Å². The third kappa shape index (κ3) is 5.30. The van der Waals surface area contributed by atoms with Crippen LogP contribution in [0, 0.1) is 5.92 Å². The van der Waals surface area contributed by atoms with Crippen LogP contribution in [0.5, 0.6) is 0 Å². The highest BCUT2D eigenvalue weighted by Crippen LogP contribution is 2.20. The fraction of sp³-hybridized carbons (Fsp3) is 0.923. The van der Waals surface area contributed by atoms with Crippen LogP contribution in [0.1, 0.15) is 39.5 Å². The molecule has 1 aliphatic rings. The zero-order chi connectivity index (χ0) is 12.7. The Hall–Kier alpha value is -0.220. The average molecular weight is 258 g/mol. The van der Waals surface area contributed by atoms with Gasteiger partial charge in [0.1, 0.15) is 0 Å². The van der Waals surface area contributed by atoms with E-state index in [-0.39, 0.29) is 0 Å². The molecule has 0 aromatic heterocycles. The van der Waals surface area contributed by atoms with Crippen LogP contribution in [0.3, 0.4) is 0 Å². The Bertz CT molecular complexity index is 235. The lowest BCUT2D eigenvalue weighted by molar-refractivity contribution is -0.131. The molecule has 1 aliphatic heterocycles. The van der Waals surface area contributed by atoms with E-state index in [1.165, 1.54) is 0 Å². The number of hydrogen-bond donors (Lipinski definition) is 1. The SMILES string of the molecule is CCC(CCN)CCC(=O)N1CCSC(C)C1. The molecule has 1 saturated heterocycles. The van der Waals surface area contributed by atoms with Gasteiger partial charge in [-0.05, 0) is 25.3 Å². The lowest BCUT2D eigenvalue weighted by Crippen LogP contribution is -2.41. The molecule has 0 aliphatic carbocycles. The van der Waals surface area contributed by atoms with E-state index < -0.39 is 0 Å². The summed E-state index contributed by atoms with van der Waals surface area (Å²) < 4.78 is 0. The normalized spacial score (nSPS) is 22.5. The van der Waals surface area contributed by atoms with E-state index in [0.717, 1.165) is 44.6 Å². The molecule has 0 bridgehead atoms. The maximum absolute atomic E-state index is 12.1. The summed E-state index contributed by atoms with van der Waals surface area (Å²) in [5, 5.41) is 0.596. The second-order valence-corrected chi connectivity index (χ2v) is 6.46. The van der Waals surface area contributed by atoms with Crippen molar-refractivity contribution in [3.05, 3.63) is 0 Å². The zero-order valence-electron chi connectivity index (χ0n) is 11.2. The Morgan fingerprint density at radius 1 is 1.53 bits per heavy atom. The molecule has 0 spiro atoms. The van der Waals surface area contributed by atoms with E-state index in [9.17, 15) is 4.79 Å². The van der Waals surface area contributed by atoms with Gasteiger partial charge in [-0.15, -0.1) is 0 Å². The van der Waals surface area contributed by atoms with Crippen molar-refractivity contribution in [1.29, 1.82) is 0 Å². The van der Waals surface area contributed by atoms with Gasteiger partial charge in [-0.1, -0.05) is 20.3 Å². The lowest BCUT2D eigenvalue weighted by Gasteiger charge is -2.31. The zero-order valence-corrected chi connectivity index (χ0v) is 12.0. The Kier molecular flexibility index (Phi) is 6.97. The molecule has 1 fully saturated rings. The number of nitrogens with zero attached hydrogens (tertiary/aromatic N) is 1. The summed E-state index contributed by atoms with van der Waals surface area (Å²) in [7, 11) is 0. The molecule has 4 heteroatoms. The highest BCUT2D eigenvalue weighted by Gasteiger charge is 2.21. The van der Waals surface area contributed by atoms with Crippen molar-refractivity contribution < 1.29 is 4.79 Å². The minimum atomic E-state index is 0.340. The molecule has 2 N–H and O–H groups in total. The van der Waals surface area contributed by atoms with Crippen molar-refractivity contribution >= 4 is 17.7 Å². The van der Waals surface area contributed by atoms with Gasteiger partial charge in [0, 0.05) is 30.5 Å². The molecule has 0 aromatic carbocycles. The van der Waals surface area contributed by atoms with Crippen LogP contribution in [0.25, 0.3) is 0 Å². The summed E-state index contributed by atoms with van der Waals surface area (Å²) in [4.78, 5) is 14.1. The summed E-state index contributed by atoms with van der Waals surface area (Å²) in [5.74, 6) is 2.06. The van der Waals surface area contributed by atoms with Crippen LogP contribution < -0.4 is 5.73 Å². The smallest absolute Gasteiger partial charge is 0.222 e. The van der Waals surface area contributed by atoms with E-state index in [1.807, 2.05) is 16.7 Å². The summed E-state index contributed by atoms with van der Waals surface area (Å²) >= 11 is 1.97. The molecule has 1 heterocycles. The first-order valence-corrected chi connectivity index (χ1v) is 7.81. The topological polar surface area (TPSA) is 46.3 Å². The average Bonchev–Trinajstić information content (AvgIpc) is 2.34. The second kappa shape index (κ2) is 7.98. The van der Waals surface area contributed by atoms with Gasteiger partial charge in [-0.3, -0.25) is 4.79 Å². The van der Waals surface area contributed by atoms with Gasteiger partial charge in [-0.25, -0.2) is 0 Å². The van der Waals surface area contributed by atoms with Gasteiger partial charge < -0.3 is 10.6 Å². The van der Waals surface area contributed by atoms with Gasteiger partial charge in [0.15, 0.2) is 0 Å². The van der Waals surface area contributed by atoms with Gasteiger partial charge in [0.05, 0.1) is 0 Å². The molecular weight excluding hydrogens is 232 g/mol. The predicted octanol–water partition coefficient (Wildman–Crippen LogP) is 2.11. The molecule has 100 valence electrons. The number of hydrogen-bond acceptors (Lipinski definition) is 3. The van der Waals surface area contributed by atoms with Crippen molar-refractivity contribution in [2.24, 2.45) is 11.7 Å². The van der Waals surface area contributed by atoms with Crippen molar-refractivity contribution in [1.82, 2.24) is 4.90 Å². The molecule has 17 heavy (non-hydrogen) atoms. The maximum atomic E-state index is 12.1. The van der Waals surface area contributed by atoms with Crippen molar-refractivity contribution in [3.8, 4) is 0 Å². The number of rotatable bonds is 6. The van der Waals surface area contributed by atoms with E-state index in [0.29, 0.717) is 23.5 Å². The van der Waals surface area contributed by atoms with E-state index in [1.54, 1.807) is 0 Å². The number of thioether (sulfide) groups is 1. The van der Waals surface area contributed by atoms with Crippen molar-refractivity contribution in [2.45, 2.75) is 44.8 Å².